The lowest BCUT2D eigenvalue weighted by Gasteiger charge is -2.10. The number of aliphatic carboxylic acids is 1. The molecule has 11 heavy (non-hydrogen) atoms. The van der Waals surface area contributed by atoms with Gasteiger partial charge in [-0.3, -0.25) is 4.79 Å². The fraction of sp³-hybridized carbons (Fsp3) is 0.571. The number of hydrogen-bond acceptors (Lipinski definition) is 2. The van der Waals surface area contributed by atoms with Crippen LogP contribution in [0.25, 0.3) is 0 Å². The van der Waals surface area contributed by atoms with Crippen molar-refractivity contribution in [2.24, 2.45) is 5.92 Å². The van der Waals surface area contributed by atoms with E-state index >= 15 is 0 Å². The van der Waals surface area contributed by atoms with Crippen LogP contribution in [0, 0.1) is 5.92 Å². The largest absolute Gasteiger partial charge is 0.480 e. The topological polar surface area (TPSA) is 49.3 Å². The number of rotatable bonds is 5. The van der Waals surface area contributed by atoms with E-state index in [9.17, 15) is 9.28 Å². The summed E-state index contributed by atoms with van der Waals surface area (Å²) in [6, 6.07) is -1.12. The zero-order valence-electron chi connectivity index (χ0n) is 6.38. The van der Waals surface area contributed by atoms with E-state index in [1.165, 1.54) is 5.54 Å². The summed E-state index contributed by atoms with van der Waals surface area (Å²) in [7, 11) is 0. The predicted octanol–water partition coefficient (Wildman–Crippen LogP) is 1.13. The van der Waals surface area contributed by atoms with Crippen LogP contribution < -0.4 is 5.54 Å². The minimum Gasteiger partial charge on any atom is -0.480 e. The van der Waals surface area contributed by atoms with Crippen LogP contribution >= 0.6 is 0 Å². The van der Waals surface area contributed by atoms with Gasteiger partial charge < -0.3 is 5.11 Å². The van der Waals surface area contributed by atoms with Crippen LogP contribution in [0.3, 0.4) is 0 Å². The number of halogens is 1. The molecule has 0 aromatic rings. The normalized spacial score (nSPS) is 15.5. The lowest BCUT2D eigenvalue weighted by molar-refractivity contribution is -0.141. The average molecular weight is 161 g/mol. The monoisotopic (exact) mass is 161 g/mol. The number of carboxylic acid groups (broad SMARTS) is 1. The molecule has 0 spiro atoms. The summed E-state index contributed by atoms with van der Waals surface area (Å²) in [5.74, 6) is -1.18. The molecule has 0 saturated carbocycles. The van der Waals surface area contributed by atoms with Crippen molar-refractivity contribution in [2.75, 3.05) is 0 Å². The summed E-state index contributed by atoms with van der Waals surface area (Å²) in [5, 5.41) is 8.38. The Morgan fingerprint density at radius 3 is 2.73 bits per heavy atom. The maximum atomic E-state index is 11.7. The molecule has 3 nitrogen and oxygen atoms in total. The summed E-state index contributed by atoms with van der Waals surface area (Å²) in [5.41, 5.74) is 1.22. The van der Waals surface area contributed by atoms with Crippen molar-refractivity contribution in [3.63, 3.8) is 0 Å². The van der Waals surface area contributed by atoms with Gasteiger partial charge in [0.15, 0.2) is 0 Å². The second kappa shape index (κ2) is 4.85. The maximum Gasteiger partial charge on any atom is 0.323 e. The Balaban J connectivity index is 3.87. The number of allylic oxidation sites excluding steroid dienone is 1. The molecular weight excluding hydrogens is 149 g/mol. The second-order valence-electron chi connectivity index (χ2n) is 2.45. The third kappa shape index (κ3) is 3.72. The third-order valence-electron chi connectivity index (χ3n) is 1.44. The maximum absolute atomic E-state index is 11.7. The molecule has 0 aromatic heterocycles. The van der Waals surface area contributed by atoms with Gasteiger partial charge in [-0.25, -0.2) is 0 Å². The molecule has 64 valence electrons. The Morgan fingerprint density at radius 2 is 2.45 bits per heavy atom. The van der Waals surface area contributed by atoms with Crippen LogP contribution in [-0.4, -0.2) is 17.1 Å². The van der Waals surface area contributed by atoms with Crippen LogP contribution in [0.5, 0.6) is 0 Å². The highest BCUT2D eigenvalue weighted by atomic mass is 19.2. The number of carbonyl (C=O) groups is 1. The van der Waals surface area contributed by atoms with Crippen molar-refractivity contribution in [3.8, 4) is 0 Å². The molecule has 2 N–H and O–H groups in total. The minimum absolute atomic E-state index is 0.000602. The third-order valence-corrected chi connectivity index (χ3v) is 1.44. The van der Waals surface area contributed by atoms with E-state index in [0.29, 0.717) is 0 Å². The Bertz CT molecular complexity index is 149. The van der Waals surface area contributed by atoms with E-state index in [1.54, 1.807) is 13.0 Å². The van der Waals surface area contributed by atoms with E-state index < -0.39 is 12.0 Å². The molecule has 0 aliphatic heterocycles. The van der Waals surface area contributed by atoms with Crippen LogP contribution in [0.1, 0.15) is 13.3 Å². The van der Waals surface area contributed by atoms with Crippen LogP contribution in [0.4, 0.5) is 4.48 Å². The van der Waals surface area contributed by atoms with Gasteiger partial charge >= 0.3 is 5.97 Å². The zero-order chi connectivity index (χ0) is 8.85. The van der Waals surface area contributed by atoms with E-state index in [-0.39, 0.29) is 12.3 Å². The van der Waals surface area contributed by atoms with Gasteiger partial charge in [0.2, 0.25) is 0 Å². The van der Waals surface area contributed by atoms with Crippen molar-refractivity contribution in [1.82, 2.24) is 5.54 Å². The first-order valence-electron chi connectivity index (χ1n) is 3.33. The van der Waals surface area contributed by atoms with E-state index in [2.05, 4.69) is 6.58 Å². The number of hydrogen-bond donors (Lipinski definition) is 2. The molecule has 0 aliphatic carbocycles. The van der Waals surface area contributed by atoms with Gasteiger partial charge in [0.05, 0.1) is 0 Å². The summed E-state index contributed by atoms with van der Waals surface area (Å²) < 4.78 is 11.7. The number of carboxylic acids is 1. The van der Waals surface area contributed by atoms with E-state index in [0.717, 1.165) is 0 Å². The molecule has 0 bridgehead atoms. The molecular formula is C7H12FNO2. The molecule has 0 saturated heterocycles. The fourth-order valence-electron chi connectivity index (χ4n) is 0.660. The highest BCUT2D eigenvalue weighted by Gasteiger charge is 2.18. The fourth-order valence-corrected chi connectivity index (χ4v) is 0.660. The number of nitrogens with one attached hydrogen (secondary N) is 1. The van der Waals surface area contributed by atoms with Crippen molar-refractivity contribution < 1.29 is 14.4 Å². The van der Waals surface area contributed by atoms with Crippen LogP contribution in [-0.2, 0) is 4.79 Å². The molecule has 0 fully saturated rings. The Labute approximate surface area is 64.8 Å². The molecule has 0 aromatic carbocycles. The Hall–Kier alpha value is -0.900. The van der Waals surface area contributed by atoms with Crippen LogP contribution in [0.15, 0.2) is 12.7 Å². The molecule has 0 aliphatic rings. The lowest BCUT2D eigenvalue weighted by Crippen LogP contribution is -2.32. The molecule has 4 heteroatoms. The van der Waals surface area contributed by atoms with Crippen LogP contribution in [0.2, 0.25) is 0 Å². The summed E-state index contributed by atoms with van der Waals surface area (Å²) in [6.07, 6.45) is 1.81. The Kier molecular flexibility index (Phi) is 4.45. The van der Waals surface area contributed by atoms with Gasteiger partial charge in [0, 0.05) is 0 Å². The average Bonchev–Trinajstić information content (AvgIpc) is 1.99. The summed E-state index contributed by atoms with van der Waals surface area (Å²) in [6.45, 7) is 5.24. The van der Waals surface area contributed by atoms with E-state index in [1.807, 2.05) is 0 Å². The molecule has 0 amide bonds. The molecule has 0 rings (SSSR count). The minimum atomic E-state index is -1.18. The van der Waals surface area contributed by atoms with Crippen molar-refractivity contribution >= 4 is 5.97 Å². The molecule has 0 heterocycles. The molecule has 0 radical (unpaired) electrons. The van der Waals surface area contributed by atoms with Crippen molar-refractivity contribution in [3.05, 3.63) is 12.7 Å². The van der Waals surface area contributed by atoms with Gasteiger partial charge in [-0.05, 0) is 12.3 Å². The predicted molar refractivity (Wildman–Crippen MR) is 39.6 cm³/mol. The van der Waals surface area contributed by atoms with Crippen molar-refractivity contribution in [2.45, 2.75) is 19.4 Å². The molecule has 2 atom stereocenters. The quantitative estimate of drug-likeness (QED) is 0.469. The highest BCUT2D eigenvalue weighted by molar-refractivity contribution is 5.73. The van der Waals surface area contributed by atoms with Gasteiger partial charge in [-0.15, -0.1) is 16.6 Å². The summed E-state index contributed by atoms with van der Waals surface area (Å²) in [4.78, 5) is 10.2. The smallest absolute Gasteiger partial charge is 0.323 e. The van der Waals surface area contributed by atoms with Gasteiger partial charge in [0.1, 0.15) is 6.04 Å². The highest BCUT2D eigenvalue weighted by Crippen LogP contribution is 2.06. The summed E-state index contributed by atoms with van der Waals surface area (Å²) >= 11 is 0. The van der Waals surface area contributed by atoms with Gasteiger partial charge in [-0.1, -0.05) is 13.0 Å². The van der Waals surface area contributed by atoms with E-state index in [4.69, 9.17) is 5.11 Å². The first kappa shape index (κ1) is 10.1. The molecule has 2 unspecified atom stereocenters. The SMILES string of the molecule is C=CC(C)CC(NF)C(=O)O. The zero-order valence-corrected chi connectivity index (χ0v) is 6.38. The Morgan fingerprint density at radius 1 is 1.91 bits per heavy atom. The first-order chi connectivity index (χ1) is 5.11. The second-order valence-corrected chi connectivity index (χ2v) is 2.45. The van der Waals surface area contributed by atoms with Gasteiger partial charge in [-0.2, -0.15) is 0 Å². The van der Waals surface area contributed by atoms with Gasteiger partial charge in [0.25, 0.3) is 0 Å². The standard InChI is InChI=1S/C7H12FNO2/c1-3-5(2)4-6(9-8)7(10)11/h3,5-6,9H,1,4H2,2H3,(H,10,11). The first-order valence-corrected chi connectivity index (χ1v) is 3.33. The lowest BCUT2D eigenvalue weighted by atomic mass is 10.0. The van der Waals surface area contributed by atoms with Crippen molar-refractivity contribution in [1.29, 1.82) is 0 Å².